The number of aliphatic carboxylic acids is 1. The highest BCUT2D eigenvalue weighted by Gasteiger charge is 2.45. The number of carbonyl (C=O) groups is 1. The third-order valence-electron chi connectivity index (χ3n) is 5.37. The lowest BCUT2D eigenvalue weighted by Gasteiger charge is -2.21. The fraction of sp³-hybridized carbons (Fsp3) is 0.400. The number of fused-ring (bicyclic) bond motifs is 1. The molecule has 2 heterocycles. The van der Waals surface area contributed by atoms with Crippen LogP contribution in [0.1, 0.15) is 12.1 Å². The minimum atomic E-state index is -4.49. The zero-order chi connectivity index (χ0) is 23.9. The first-order chi connectivity index (χ1) is 15.5. The van der Waals surface area contributed by atoms with Gasteiger partial charge >= 0.3 is 12.1 Å². The van der Waals surface area contributed by atoms with E-state index in [0.29, 0.717) is 21.8 Å². The number of thiazole rings is 1. The van der Waals surface area contributed by atoms with Crippen LogP contribution < -0.4 is 10.6 Å². The lowest BCUT2D eigenvalue weighted by Crippen LogP contribution is -2.36. The number of carboxylic acid groups (broad SMARTS) is 1. The molecule has 5 N–H and O–H groups in total. The number of hydrogen-bond acceptors (Lipinski definition) is 9. The van der Waals surface area contributed by atoms with Crippen molar-refractivity contribution in [2.24, 2.45) is 5.92 Å². The topological polar surface area (TPSA) is 140 Å². The van der Waals surface area contributed by atoms with Crippen LogP contribution in [0.4, 0.5) is 24.9 Å². The van der Waals surface area contributed by atoms with E-state index in [9.17, 15) is 33.3 Å². The first kappa shape index (κ1) is 25.9. The number of aliphatic hydroxyl groups is 2. The fourth-order valence-electron chi connectivity index (χ4n) is 3.77. The van der Waals surface area contributed by atoms with E-state index < -0.39 is 42.9 Å². The SMILES string of the molecule is Cc1nc(NCC(F)(F)F)nc(N[C@@H]2C[C@H](C(=O)O)[C@@H](O)[C@H]2O)c1-c1nc2ccccc2s1.Cl. The van der Waals surface area contributed by atoms with Gasteiger partial charge in [-0.2, -0.15) is 18.2 Å². The largest absolute Gasteiger partial charge is 0.481 e. The minimum absolute atomic E-state index is 0. The molecule has 1 aliphatic rings. The van der Waals surface area contributed by atoms with Crippen LogP contribution in [-0.4, -0.2) is 67.2 Å². The Hall–Kier alpha value is -2.74. The Labute approximate surface area is 201 Å². The van der Waals surface area contributed by atoms with Crippen molar-refractivity contribution in [2.75, 3.05) is 17.2 Å². The number of nitrogens with one attached hydrogen (secondary N) is 2. The molecule has 4 rings (SSSR count). The number of carboxylic acids is 1. The average Bonchev–Trinajstić information content (AvgIpc) is 3.28. The normalized spacial score (nSPS) is 22.4. The second-order valence-electron chi connectivity index (χ2n) is 7.72. The monoisotopic (exact) mass is 519 g/mol. The molecule has 2 aromatic heterocycles. The average molecular weight is 520 g/mol. The molecule has 14 heteroatoms. The molecule has 4 atom stereocenters. The van der Waals surface area contributed by atoms with Crippen molar-refractivity contribution in [3.05, 3.63) is 30.0 Å². The van der Waals surface area contributed by atoms with Gasteiger partial charge in [-0.3, -0.25) is 4.79 Å². The number of alkyl halides is 3. The summed E-state index contributed by atoms with van der Waals surface area (Å²) in [5.41, 5.74) is 1.46. The Bertz CT molecular complexity index is 1160. The van der Waals surface area contributed by atoms with Crippen LogP contribution in [-0.2, 0) is 4.79 Å². The van der Waals surface area contributed by atoms with Gasteiger partial charge in [0.2, 0.25) is 5.95 Å². The highest BCUT2D eigenvalue weighted by atomic mass is 35.5. The molecule has 0 saturated heterocycles. The second kappa shape index (κ2) is 9.86. The van der Waals surface area contributed by atoms with Gasteiger partial charge in [-0.25, -0.2) is 9.97 Å². The molecule has 0 unspecified atom stereocenters. The minimum Gasteiger partial charge on any atom is -0.481 e. The number of halogens is 4. The molecular weight excluding hydrogens is 499 g/mol. The number of aryl methyl sites for hydroxylation is 1. The second-order valence-corrected chi connectivity index (χ2v) is 8.75. The van der Waals surface area contributed by atoms with Crippen LogP contribution >= 0.6 is 23.7 Å². The van der Waals surface area contributed by atoms with Crippen LogP contribution in [0.3, 0.4) is 0 Å². The lowest BCUT2D eigenvalue weighted by molar-refractivity contribution is -0.145. The van der Waals surface area contributed by atoms with Crippen LogP contribution in [0, 0.1) is 12.8 Å². The van der Waals surface area contributed by atoms with Gasteiger partial charge in [-0.1, -0.05) is 12.1 Å². The molecule has 0 spiro atoms. The van der Waals surface area contributed by atoms with Gasteiger partial charge in [-0.05, 0) is 25.5 Å². The van der Waals surface area contributed by atoms with Crippen molar-refractivity contribution in [3.8, 4) is 10.6 Å². The molecule has 3 aromatic rings. The summed E-state index contributed by atoms with van der Waals surface area (Å²) in [4.78, 5) is 24.2. The zero-order valence-corrected chi connectivity index (χ0v) is 19.2. The number of nitrogens with zero attached hydrogens (tertiary/aromatic N) is 3. The molecule has 1 aromatic carbocycles. The van der Waals surface area contributed by atoms with Crippen LogP contribution in [0.2, 0.25) is 0 Å². The molecule has 0 bridgehead atoms. The van der Waals surface area contributed by atoms with E-state index in [4.69, 9.17) is 0 Å². The number of anilines is 2. The molecule has 34 heavy (non-hydrogen) atoms. The van der Waals surface area contributed by atoms with Gasteiger partial charge in [0.1, 0.15) is 23.5 Å². The standard InChI is InChI=1S/C20H20F3N5O4S.ClH/c1-8-13(17-27-10-4-2-3-5-12(10)33-17)16(28-19(25-8)24-7-20(21,22)23)26-11-6-9(18(31)32)14(29)15(11)30;/h2-5,9,11,14-15,29-30H,6-7H2,1H3,(H,31,32)(H2,24,25,26,28);1H/t9-,11+,14+,15-;/m0./s1. The summed E-state index contributed by atoms with van der Waals surface area (Å²) in [6.07, 6.45) is -7.52. The molecule has 1 aliphatic carbocycles. The third-order valence-corrected chi connectivity index (χ3v) is 6.42. The fourth-order valence-corrected chi connectivity index (χ4v) is 4.83. The molecule has 0 aliphatic heterocycles. The Morgan fingerprint density at radius 1 is 1.18 bits per heavy atom. The van der Waals surface area contributed by atoms with Gasteiger partial charge in [-0.15, -0.1) is 23.7 Å². The molecular formula is C20H21ClF3N5O4S. The summed E-state index contributed by atoms with van der Waals surface area (Å²) in [5.74, 6) is -2.67. The quantitative estimate of drug-likeness (QED) is 0.332. The van der Waals surface area contributed by atoms with E-state index in [2.05, 4.69) is 25.6 Å². The highest BCUT2D eigenvalue weighted by Crippen LogP contribution is 2.38. The number of rotatable bonds is 6. The summed E-state index contributed by atoms with van der Waals surface area (Å²) in [6.45, 7) is 0.241. The first-order valence-corrected chi connectivity index (χ1v) is 10.8. The maximum atomic E-state index is 12.7. The van der Waals surface area contributed by atoms with E-state index >= 15 is 0 Å². The molecule has 9 nitrogen and oxygen atoms in total. The smallest absolute Gasteiger partial charge is 0.405 e. The highest BCUT2D eigenvalue weighted by molar-refractivity contribution is 7.21. The van der Waals surface area contributed by atoms with Gasteiger partial charge in [0.05, 0.1) is 39.5 Å². The van der Waals surface area contributed by atoms with Crippen molar-refractivity contribution in [1.29, 1.82) is 0 Å². The Morgan fingerprint density at radius 3 is 2.50 bits per heavy atom. The Morgan fingerprint density at radius 2 is 1.88 bits per heavy atom. The zero-order valence-electron chi connectivity index (χ0n) is 17.6. The first-order valence-electron chi connectivity index (χ1n) is 9.94. The molecule has 0 amide bonds. The summed E-state index contributed by atoms with van der Waals surface area (Å²) >= 11 is 1.33. The van der Waals surface area contributed by atoms with E-state index in [0.717, 1.165) is 4.70 Å². The summed E-state index contributed by atoms with van der Waals surface area (Å²) in [5, 5.41) is 35.3. The molecule has 0 radical (unpaired) electrons. The van der Waals surface area contributed by atoms with Crippen LogP contribution in [0.15, 0.2) is 24.3 Å². The van der Waals surface area contributed by atoms with Gasteiger partial charge in [0, 0.05) is 0 Å². The maximum Gasteiger partial charge on any atom is 0.405 e. The van der Waals surface area contributed by atoms with Crippen LogP contribution in [0.25, 0.3) is 20.8 Å². The molecule has 1 fully saturated rings. The summed E-state index contributed by atoms with van der Waals surface area (Å²) < 4.78 is 38.9. The number of hydrogen-bond donors (Lipinski definition) is 5. The number of benzene rings is 1. The Balaban J connectivity index is 0.00000324. The van der Waals surface area contributed by atoms with Crippen molar-refractivity contribution in [2.45, 2.75) is 37.8 Å². The number of aliphatic hydroxyl groups excluding tert-OH is 2. The predicted octanol–water partition coefficient (Wildman–Crippen LogP) is 3.06. The summed E-state index contributed by atoms with van der Waals surface area (Å²) in [6, 6.07) is 6.44. The van der Waals surface area contributed by atoms with Gasteiger partial charge in [0.15, 0.2) is 0 Å². The van der Waals surface area contributed by atoms with Gasteiger partial charge in [0.25, 0.3) is 0 Å². The lowest BCUT2D eigenvalue weighted by atomic mass is 10.1. The molecule has 184 valence electrons. The third kappa shape index (κ3) is 5.32. The van der Waals surface area contributed by atoms with Crippen LogP contribution in [0.5, 0.6) is 0 Å². The molecule has 1 saturated carbocycles. The number of aromatic nitrogens is 3. The van der Waals surface area contributed by atoms with Crippen molar-refractivity contribution < 1.29 is 33.3 Å². The van der Waals surface area contributed by atoms with E-state index in [1.54, 1.807) is 6.92 Å². The van der Waals surface area contributed by atoms with Crippen molar-refractivity contribution in [3.63, 3.8) is 0 Å². The van der Waals surface area contributed by atoms with Gasteiger partial charge < -0.3 is 26.0 Å². The van der Waals surface area contributed by atoms with E-state index in [1.807, 2.05) is 24.3 Å². The Kier molecular flexibility index (Phi) is 7.50. The van der Waals surface area contributed by atoms with E-state index in [1.165, 1.54) is 11.3 Å². The van der Waals surface area contributed by atoms with Crippen molar-refractivity contribution >= 4 is 51.7 Å². The number of para-hydroxylation sites is 1. The van der Waals surface area contributed by atoms with Crippen molar-refractivity contribution in [1.82, 2.24) is 15.0 Å². The summed E-state index contributed by atoms with van der Waals surface area (Å²) in [7, 11) is 0. The predicted molar refractivity (Wildman–Crippen MR) is 122 cm³/mol. The maximum absolute atomic E-state index is 12.7. The van der Waals surface area contributed by atoms with E-state index in [-0.39, 0.29) is 30.6 Å².